The van der Waals surface area contributed by atoms with E-state index in [4.69, 9.17) is 0 Å². The first-order chi connectivity index (χ1) is 8.55. The predicted octanol–water partition coefficient (Wildman–Crippen LogP) is 1.49. The Bertz CT molecular complexity index is 610. The fraction of sp³-hybridized carbons (Fsp3) is 0.167. The molecule has 0 saturated carbocycles. The van der Waals surface area contributed by atoms with Gasteiger partial charge in [0.25, 0.3) is 0 Å². The van der Waals surface area contributed by atoms with Crippen LogP contribution in [0.1, 0.15) is 5.69 Å². The summed E-state index contributed by atoms with van der Waals surface area (Å²) in [5, 5.41) is 3.15. The van der Waals surface area contributed by atoms with Gasteiger partial charge in [-0.3, -0.25) is 0 Å². The molecule has 0 aliphatic heterocycles. The molecule has 0 bridgehead atoms. The molecule has 1 aromatic carbocycles. The molecule has 0 aliphatic carbocycles. The summed E-state index contributed by atoms with van der Waals surface area (Å²) in [6.45, 7) is 0.570. The van der Waals surface area contributed by atoms with Crippen LogP contribution >= 0.6 is 0 Å². The smallest absolute Gasteiger partial charge is 0.175 e. The van der Waals surface area contributed by atoms with Gasteiger partial charge in [-0.1, -0.05) is 0 Å². The van der Waals surface area contributed by atoms with Gasteiger partial charge in [0.1, 0.15) is 6.33 Å². The summed E-state index contributed by atoms with van der Waals surface area (Å²) in [6.07, 6.45) is 4.36. The molecular formula is C12H13N3O2S. The second-order valence-corrected chi connectivity index (χ2v) is 5.87. The lowest BCUT2D eigenvalue weighted by Crippen LogP contribution is -2.02. The van der Waals surface area contributed by atoms with Crippen LogP contribution in [0.15, 0.2) is 47.8 Å². The van der Waals surface area contributed by atoms with Crippen LogP contribution in [0.4, 0.5) is 5.69 Å². The highest BCUT2D eigenvalue weighted by atomic mass is 32.2. The van der Waals surface area contributed by atoms with Gasteiger partial charge in [-0.2, -0.15) is 0 Å². The minimum Gasteiger partial charge on any atom is -0.379 e. The monoisotopic (exact) mass is 263 g/mol. The van der Waals surface area contributed by atoms with Crippen molar-refractivity contribution in [3.8, 4) is 0 Å². The van der Waals surface area contributed by atoms with Crippen molar-refractivity contribution in [1.82, 2.24) is 9.97 Å². The molecule has 1 aromatic heterocycles. The first kappa shape index (κ1) is 12.5. The third-order valence-corrected chi connectivity index (χ3v) is 3.53. The first-order valence-electron chi connectivity index (χ1n) is 5.34. The van der Waals surface area contributed by atoms with Crippen LogP contribution in [0.3, 0.4) is 0 Å². The molecule has 0 amide bonds. The maximum Gasteiger partial charge on any atom is 0.175 e. The quantitative estimate of drug-likeness (QED) is 0.905. The maximum atomic E-state index is 11.3. The fourth-order valence-electron chi connectivity index (χ4n) is 1.44. The van der Waals surface area contributed by atoms with E-state index in [2.05, 4.69) is 15.3 Å². The van der Waals surface area contributed by atoms with Crippen molar-refractivity contribution < 1.29 is 8.42 Å². The topological polar surface area (TPSA) is 72.0 Å². The van der Waals surface area contributed by atoms with Crippen LogP contribution in [0.5, 0.6) is 0 Å². The Kier molecular flexibility index (Phi) is 3.57. The minimum absolute atomic E-state index is 0.315. The Morgan fingerprint density at radius 2 is 1.89 bits per heavy atom. The Hall–Kier alpha value is -1.95. The third kappa shape index (κ3) is 3.27. The number of hydrogen-bond acceptors (Lipinski definition) is 5. The summed E-state index contributed by atoms with van der Waals surface area (Å²) in [4.78, 5) is 8.23. The van der Waals surface area contributed by atoms with Gasteiger partial charge < -0.3 is 5.32 Å². The summed E-state index contributed by atoms with van der Waals surface area (Å²) in [6, 6.07) is 8.45. The SMILES string of the molecule is CS(=O)(=O)c1ccc(NCc2ccncn2)cc1. The molecule has 2 aromatic rings. The molecule has 94 valence electrons. The first-order valence-corrected chi connectivity index (χ1v) is 7.24. The minimum atomic E-state index is -3.14. The molecule has 1 N–H and O–H groups in total. The fourth-order valence-corrected chi connectivity index (χ4v) is 2.07. The summed E-state index contributed by atoms with van der Waals surface area (Å²) in [5.41, 5.74) is 1.72. The third-order valence-electron chi connectivity index (χ3n) is 2.40. The van der Waals surface area contributed by atoms with E-state index in [0.29, 0.717) is 11.4 Å². The Labute approximate surface area is 106 Å². The highest BCUT2D eigenvalue weighted by Crippen LogP contribution is 2.14. The van der Waals surface area contributed by atoms with Crippen LogP contribution in [-0.2, 0) is 16.4 Å². The average molecular weight is 263 g/mol. The van der Waals surface area contributed by atoms with Crippen molar-refractivity contribution in [2.45, 2.75) is 11.4 Å². The van der Waals surface area contributed by atoms with Crippen LogP contribution < -0.4 is 5.32 Å². The van der Waals surface area contributed by atoms with Gasteiger partial charge in [-0.05, 0) is 30.3 Å². The molecular weight excluding hydrogens is 250 g/mol. The molecule has 0 saturated heterocycles. The molecule has 5 nitrogen and oxygen atoms in total. The number of rotatable bonds is 4. The van der Waals surface area contributed by atoms with Crippen molar-refractivity contribution in [3.63, 3.8) is 0 Å². The molecule has 18 heavy (non-hydrogen) atoms. The van der Waals surface area contributed by atoms with Crippen LogP contribution in [-0.4, -0.2) is 24.6 Å². The Balaban J connectivity index is 2.03. The van der Waals surface area contributed by atoms with Crippen molar-refractivity contribution in [2.75, 3.05) is 11.6 Å². The van der Waals surface area contributed by atoms with Gasteiger partial charge in [0.05, 0.1) is 17.1 Å². The van der Waals surface area contributed by atoms with E-state index in [1.165, 1.54) is 12.6 Å². The lowest BCUT2D eigenvalue weighted by atomic mass is 10.3. The van der Waals surface area contributed by atoms with E-state index in [-0.39, 0.29) is 0 Å². The number of sulfone groups is 1. The summed E-state index contributed by atoms with van der Waals surface area (Å²) in [5.74, 6) is 0. The summed E-state index contributed by atoms with van der Waals surface area (Å²) >= 11 is 0. The summed E-state index contributed by atoms with van der Waals surface area (Å²) in [7, 11) is -3.14. The van der Waals surface area contributed by atoms with Crippen LogP contribution in [0.25, 0.3) is 0 Å². The number of anilines is 1. The number of benzene rings is 1. The zero-order valence-corrected chi connectivity index (χ0v) is 10.7. The van der Waals surface area contributed by atoms with Crippen molar-refractivity contribution in [3.05, 3.63) is 48.5 Å². The van der Waals surface area contributed by atoms with Crippen LogP contribution in [0, 0.1) is 0 Å². The van der Waals surface area contributed by atoms with Gasteiger partial charge in [0.2, 0.25) is 0 Å². The number of hydrogen-bond donors (Lipinski definition) is 1. The average Bonchev–Trinajstić information content (AvgIpc) is 2.37. The van der Waals surface area contributed by atoms with Gasteiger partial charge in [-0.15, -0.1) is 0 Å². The van der Waals surface area contributed by atoms with E-state index in [9.17, 15) is 8.42 Å². The summed E-state index contributed by atoms with van der Waals surface area (Å²) < 4.78 is 22.6. The molecule has 0 radical (unpaired) electrons. The predicted molar refractivity (Wildman–Crippen MR) is 68.9 cm³/mol. The maximum absolute atomic E-state index is 11.3. The van der Waals surface area contributed by atoms with Crippen molar-refractivity contribution >= 4 is 15.5 Å². The normalized spacial score (nSPS) is 11.2. The van der Waals surface area contributed by atoms with E-state index in [1.807, 2.05) is 6.07 Å². The van der Waals surface area contributed by atoms with E-state index in [0.717, 1.165) is 11.4 Å². The molecule has 0 atom stereocenters. The van der Waals surface area contributed by atoms with Gasteiger partial charge in [-0.25, -0.2) is 18.4 Å². The standard InChI is InChI=1S/C12H13N3O2S/c1-18(16,17)12-4-2-10(3-5-12)14-8-11-6-7-13-9-15-11/h2-7,9,14H,8H2,1H3. The number of nitrogens with one attached hydrogen (secondary N) is 1. The second kappa shape index (κ2) is 5.14. The molecule has 6 heteroatoms. The van der Waals surface area contributed by atoms with Crippen molar-refractivity contribution in [2.24, 2.45) is 0 Å². The van der Waals surface area contributed by atoms with Gasteiger partial charge in [0.15, 0.2) is 9.84 Å². The largest absolute Gasteiger partial charge is 0.379 e. The zero-order chi connectivity index (χ0) is 13.0. The Morgan fingerprint density at radius 3 is 2.44 bits per heavy atom. The van der Waals surface area contributed by atoms with E-state index >= 15 is 0 Å². The van der Waals surface area contributed by atoms with Gasteiger partial charge in [0, 0.05) is 18.1 Å². The molecule has 0 spiro atoms. The molecule has 1 heterocycles. The van der Waals surface area contributed by atoms with Crippen molar-refractivity contribution in [1.29, 1.82) is 0 Å². The lowest BCUT2D eigenvalue weighted by molar-refractivity contribution is 0.602. The Morgan fingerprint density at radius 1 is 1.17 bits per heavy atom. The van der Waals surface area contributed by atoms with E-state index < -0.39 is 9.84 Å². The molecule has 0 unspecified atom stereocenters. The number of nitrogens with zero attached hydrogens (tertiary/aromatic N) is 2. The van der Waals surface area contributed by atoms with E-state index in [1.54, 1.807) is 30.5 Å². The number of aromatic nitrogens is 2. The highest BCUT2D eigenvalue weighted by Gasteiger charge is 2.05. The molecule has 0 fully saturated rings. The zero-order valence-electron chi connectivity index (χ0n) is 9.87. The van der Waals surface area contributed by atoms with Crippen LogP contribution in [0.2, 0.25) is 0 Å². The molecule has 0 aliphatic rings. The molecule has 2 rings (SSSR count). The lowest BCUT2D eigenvalue weighted by Gasteiger charge is -2.06. The highest BCUT2D eigenvalue weighted by molar-refractivity contribution is 7.90. The second-order valence-electron chi connectivity index (χ2n) is 3.85. The van der Waals surface area contributed by atoms with Gasteiger partial charge >= 0.3 is 0 Å².